The van der Waals surface area contributed by atoms with Crippen LogP contribution in [-0.2, 0) is 0 Å². The molecule has 0 fully saturated rings. The number of halogens is 2. The third-order valence-electron chi connectivity index (χ3n) is 3.12. The summed E-state index contributed by atoms with van der Waals surface area (Å²) in [5.74, 6) is 0.622. The average molecular weight is 305 g/mol. The molecule has 0 heterocycles. The van der Waals surface area contributed by atoms with Crippen molar-refractivity contribution in [2.75, 3.05) is 7.05 Å². The van der Waals surface area contributed by atoms with E-state index in [1.807, 2.05) is 19.2 Å². The molecule has 16 heavy (non-hydrogen) atoms. The second-order valence-corrected chi connectivity index (χ2v) is 5.33. The van der Waals surface area contributed by atoms with Gasteiger partial charge in [0.15, 0.2) is 0 Å². The molecule has 3 heteroatoms. The predicted molar refractivity (Wildman–Crippen MR) is 75.0 cm³/mol. The van der Waals surface area contributed by atoms with Crippen LogP contribution in [0.4, 0.5) is 0 Å². The van der Waals surface area contributed by atoms with Crippen LogP contribution in [0.2, 0.25) is 5.02 Å². The lowest BCUT2D eigenvalue weighted by Crippen LogP contribution is -2.24. The van der Waals surface area contributed by atoms with Crippen LogP contribution < -0.4 is 5.32 Å². The minimum Gasteiger partial charge on any atom is -0.313 e. The lowest BCUT2D eigenvalue weighted by molar-refractivity contribution is 0.359. The van der Waals surface area contributed by atoms with E-state index in [-0.39, 0.29) is 0 Å². The molecule has 0 bridgehead atoms. The molecular weight excluding hydrogens is 286 g/mol. The molecule has 1 N–H and O–H groups in total. The van der Waals surface area contributed by atoms with E-state index in [0.717, 1.165) is 22.3 Å². The molecule has 0 aliphatic carbocycles. The summed E-state index contributed by atoms with van der Waals surface area (Å²) in [6.45, 7) is 4.45. The van der Waals surface area contributed by atoms with Gasteiger partial charge in [-0.2, -0.15) is 0 Å². The number of rotatable bonds is 5. The van der Waals surface area contributed by atoms with E-state index in [1.54, 1.807) is 0 Å². The quantitative estimate of drug-likeness (QED) is 0.824. The largest absolute Gasteiger partial charge is 0.313 e. The molecule has 1 unspecified atom stereocenters. The van der Waals surface area contributed by atoms with Crippen molar-refractivity contribution in [1.29, 1.82) is 0 Å². The van der Waals surface area contributed by atoms with Crippen molar-refractivity contribution in [3.8, 4) is 0 Å². The summed E-state index contributed by atoms with van der Waals surface area (Å²) in [6, 6.07) is 6.38. The zero-order valence-corrected chi connectivity index (χ0v) is 12.4. The van der Waals surface area contributed by atoms with Crippen LogP contribution in [0.3, 0.4) is 0 Å². The summed E-state index contributed by atoms with van der Waals surface area (Å²) >= 11 is 9.77. The molecule has 0 radical (unpaired) electrons. The standard InChI is InChI=1S/C13H19BrClN/c1-4-9(5-2)13(16-3)11-8-10(14)6-7-12(11)15/h6-9,13,16H,4-5H2,1-3H3. The van der Waals surface area contributed by atoms with Crippen LogP contribution in [0.1, 0.15) is 38.3 Å². The van der Waals surface area contributed by atoms with E-state index in [2.05, 4.69) is 41.2 Å². The fourth-order valence-corrected chi connectivity index (χ4v) is 2.77. The maximum Gasteiger partial charge on any atom is 0.0454 e. The minimum atomic E-state index is 0.333. The molecular formula is C13H19BrClN. The van der Waals surface area contributed by atoms with Gasteiger partial charge < -0.3 is 5.32 Å². The van der Waals surface area contributed by atoms with Crippen molar-refractivity contribution in [2.24, 2.45) is 5.92 Å². The smallest absolute Gasteiger partial charge is 0.0454 e. The molecule has 1 rings (SSSR count). The molecule has 0 saturated heterocycles. The van der Waals surface area contributed by atoms with Gasteiger partial charge in [-0.1, -0.05) is 54.2 Å². The molecule has 1 nitrogen and oxygen atoms in total. The Bertz CT molecular complexity index is 337. The lowest BCUT2D eigenvalue weighted by Gasteiger charge is -2.26. The van der Waals surface area contributed by atoms with Gasteiger partial charge in [-0.05, 0) is 36.7 Å². The molecule has 0 aliphatic heterocycles. The summed E-state index contributed by atoms with van der Waals surface area (Å²) in [5.41, 5.74) is 1.19. The van der Waals surface area contributed by atoms with Gasteiger partial charge in [-0.3, -0.25) is 0 Å². The Kier molecular flexibility index (Phi) is 5.81. The van der Waals surface area contributed by atoms with E-state index >= 15 is 0 Å². The summed E-state index contributed by atoms with van der Waals surface area (Å²) < 4.78 is 1.08. The second-order valence-electron chi connectivity index (χ2n) is 4.01. The summed E-state index contributed by atoms with van der Waals surface area (Å²) in [7, 11) is 2.00. The van der Waals surface area contributed by atoms with Crippen LogP contribution in [-0.4, -0.2) is 7.05 Å². The second kappa shape index (κ2) is 6.63. The average Bonchev–Trinajstić information content (AvgIpc) is 2.29. The summed E-state index contributed by atoms with van der Waals surface area (Å²) in [6.07, 6.45) is 2.32. The van der Waals surface area contributed by atoms with Crippen LogP contribution in [0.15, 0.2) is 22.7 Å². The molecule has 90 valence electrons. The first-order chi connectivity index (χ1) is 7.63. The van der Waals surface area contributed by atoms with Gasteiger partial charge in [-0.15, -0.1) is 0 Å². The normalized spacial score (nSPS) is 13.1. The number of hydrogen-bond donors (Lipinski definition) is 1. The van der Waals surface area contributed by atoms with E-state index in [1.165, 1.54) is 5.56 Å². The highest BCUT2D eigenvalue weighted by Gasteiger charge is 2.20. The number of nitrogens with one attached hydrogen (secondary N) is 1. The third kappa shape index (κ3) is 3.22. The van der Waals surface area contributed by atoms with Gasteiger partial charge in [0.1, 0.15) is 0 Å². The van der Waals surface area contributed by atoms with Gasteiger partial charge in [0.2, 0.25) is 0 Å². The first-order valence-corrected chi connectivity index (χ1v) is 6.93. The molecule has 0 saturated carbocycles. The van der Waals surface area contributed by atoms with Crippen molar-refractivity contribution >= 4 is 27.5 Å². The Morgan fingerprint density at radius 2 is 1.94 bits per heavy atom. The van der Waals surface area contributed by atoms with Gasteiger partial charge in [-0.25, -0.2) is 0 Å². The van der Waals surface area contributed by atoms with E-state index in [0.29, 0.717) is 12.0 Å². The van der Waals surface area contributed by atoms with Crippen LogP contribution in [0.25, 0.3) is 0 Å². The Morgan fingerprint density at radius 3 is 2.44 bits per heavy atom. The monoisotopic (exact) mass is 303 g/mol. The zero-order chi connectivity index (χ0) is 12.1. The molecule has 1 atom stereocenters. The van der Waals surface area contributed by atoms with Crippen molar-refractivity contribution in [3.63, 3.8) is 0 Å². The molecule has 1 aromatic rings. The number of benzene rings is 1. The SMILES string of the molecule is CCC(CC)C(NC)c1cc(Br)ccc1Cl. The first-order valence-electron chi connectivity index (χ1n) is 5.76. The van der Waals surface area contributed by atoms with Gasteiger partial charge in [0.05, 0.1) is 0 Å². The van der Waals surface area contributed by atoms with Crippen LogP contribution in [0.5, 0.6) is 0 Å². The molecule has 0 aromatic heterocycles. The van der Waals surface area contributed by atoms with Crippen molar-refractivity contribution in [2.45, 2.75) is 32.7 Å². The van der Waals surface area contributed by atoms with Gasteiger partial charge in [0.25, 0.3) is 0 Å². The molecule has 1 aromatic carbocycles. The Hall–Kier alpha value is -0.0500. The minimum absolute atomic E-state index is 0.333. The fraction of sp³-hybridized carbons (Fsp3) is 0.538. The summed E-state index contributed by atoms with van der Waals surface area (Å²) in [4.78, 5) is 0. The molecule has 0 amide bonds. The maximum atomic E-state index is 6.27. The van der Waals surface area contributed by atoms with Crippen molar-refractivity contribution in [3.05, 3.63) is 33.3 Å². The first kappa shape index (κ1) is 14.0. The van der Waals surface area contributed by atoms with E-state index in [4.69, 9.17) is 11.6 Å². The van der Waals surface area contributed by atoms with E-state index < -0.39 is 0 Å². The zero-order valence-electron chi connectivity index (χ0n) is 10.1. The molecule has 0 aliphatic rings. The highest BCUT2D eigenvalue weighted by Crippen LogP contribution is 2.33. The maximum absolute atomic E-state index is 6.27. The fourth-order valence-electron chi connectivity index (χ4n) is 2.16. The van der Waals surface area contributed by atoms with Crippen molar-refractivity contribution < 1.29 is 0 Å². The predicted octanol–water partition coefficient (Wildman–Crippen LogP) is 4.80. The Labute approximate surface area is 112 Å². The highest BCUT2D eigenvalue weighted by atomic mass is 79.9. The highest BCUT2D eigenvalue weighted by molar-refractivity contribution is 9.10. The van der Waals surface area contributed by atoms with Gasteiger partial charge >= 0.3 is 0 Å². The van der Waals surface area contributed by atoms with Crippen LogP contribution in [0, 0.1) is 5.92 Å². The van der Waals surface area contributed by atoms with Gasteiger partial charge in [0, 0.05) is 15.5 Å². The topological polar surface area (TPSA) is 12.0 Å². The Balaban J connectivity index is 3.06. The summed E-state index contributed by atoms with van der Waals surface area (Å²) in [5, 5.41) is 4.23. The Morgan fingerprint density at radius 1 is 1.31 bits per heavy atom. The van der Waals surface area contributed by atoms with Crippen molar-refractivity contribution in [1.82, 2.24) is 5.32 Å². The third-order valence-corrected chi connectivity index (χ3v) is 3.96. The molecule has 0 spiro atoms. The lowest BCUT2D eigenvalue weighted by atomic mass is 9.89. The number of hydrogen-bond acceptors (Lipinski definition) is 1. The van der Waals surface area contributed by atoms with E-state index in [9.17, 15) is 0 Å². The van der Waals surface area contributed by atoms with Crippen LogP contribution >= 0.6 is 27.5 Å².